The summed E-state index contributed by atoms with van der Waals surface area (Å²) in [7, 11) is 1.61. The highest BCUT2D eigenvalue weighted by atomic mass is 16.5. The maximum Gasteiger partial charge on any atom is 0.268 e. The molecule has 2 heterocycles. The summed E-state index contributed by atoms with van der Waals surface area (Å²) in [5.74, 6) is 1.02. The van der Waals surface area contributed by atoms with Crippen molar-refractivity contribution in [3.63, 3.8) is 0 Å². The van der Waals surface area contributed by atoms with E-state index in [0.717, 1.165) is 43.1 Å². The molecule has 0 saturated carbocycles. The number of aromatic nitrogens is 2. The van der Waals surface area contributed by atoms with Crippen molar-refractivity contribution >= 4 is 17.3 Å². The first-order chi connectivity index (χ1) is 13.1. The van der Waals surface area contributed by atoms with E-state index in [9.17, 15) is 9.59 Å². The van der Waals surface area contributed by atoms with Gasteiger partial charge in [-0.15, -0.1) is 0 Å². The van der Waals surface area contributed by atoms with Crippen LogP contribution in [0.2, 0.25) is 0 Å². The van der Waals surface area contributed by atoms with E-state index in [4.69, 9.17) is 4.74 Å². The number of aryl methyl sites for hydroxylation is 1. The molecule has 0 spiro atoms. The van der Waals surface area contributed by atoms with E-state index in [2.05, 4.69) is 15.3 Å². The molecule has 1 aliphatic heterocycles. The Morgan fingerprint density at radius 1 is 1.33 bits per heavy atom. The number of carbonyl (C=O) groups excluding carboxylic acids is 1. The molecule has 1 fully saturated rings. The second kappa shape index (κ2) is 8.70. The molecule has 1 aliphatic rings. The summed E-state index contributed by atoms with van der Waals surface area (Å²) in [4.78, 5) is 26.6. The summed E-state index contributed by atoms with van der Waals surface area (Å²) in [6, 6.07) is 8.94. The minimum absolute atomic E-state index is 0.00606. The zero-order valence-corrected chi connectivity index (χ0v) is 15.9. The van der Waals surface area contributed by atoms with Crippen molar-refractivity contribution < 1.29 is 9.53 Å². The molecule has 1 aromatic heterocycles. The van der Waals surface area contributed by atoms with Crippen LogP contribution in [-0.2, 0) is 11.3 Å². The molecule has 1 atom stereocenters. The van der Waals surface area contributed by atoms with Crippen molar-refractivity contribution in [3.05, 3.63) is 46.9 Å². The second-order valence-electron chi connectivity index (χ2n) is 6.80. The number of nitrogens with zero attached hydrogens (tertiary/aromatic N) is 3. The number of methoxy groups -OCH3 is 1. The molecule has 3 rings (SSSR count). The maximum absolute atomic E-state index is 12.4. The third kappa shape index (κ3) is 4.87. The number of carbonyl (C=O) groups is 1. The predicted molar refractivity (Wildman–Crippen MR) is 105 cm³/mol. The van der Waals surface area contributed by atoms with E-state index in [1.165, 1.54) is 4.68 Å². The average molecular weight is 370 g/mol. The number of hydrogen-bond acceptors (Lipinski definition) is 5. The Hall–Kier alpha value is -2.83. The van der Waals surface area contributed by atoms with Gasteiger partial charge in [-0.3, -0.25) is 9.59 Å². The molecule has 1 unspecified atom stereocenters. The number of hydrogen-bond donors (Lipinski definition) is 1. The first kappa shape index (κ1) is 18.9. The molecule has 7 nitrogen and oxygen atoms in total. The average Bonchev–Trinajstić information content (AvgIpc) is 2.68. The quantitative estimate of drug-likeness (QED) is 0.846. The van der Waals surface area contributed by atoms with E-state index < -0.39 is 0 Å². The lowest BCUT2D eigenvalue weighted by Gasteiger charge is -2.33. The van der Waals surface area contributed by atoms with Crippen molar-refractivity contribution in [3.8, 4) is 5.75 Å². The van der Waals surface area contributed by atoms with Gasteiger partial charge in [-0.05, 0) is 49.9 Å². The highest BCUT2D eigenvalue weighted by Gasteiger charge is 2.23. The number of benzene rings is 1. The Labute approximate surface area is 158 Å². The van der Waals surface area contributed by atoms with E-state index in [1.54, 1.807) is 19.4 Å². The van der Waals surface area contributed by atoms with Crippen molar-refractivity contribution in [1.82, 2.24) is 9.78 Å². The summed E-state index contributed by atoms with van der Waals surface area (Å²) >= 11 is 0. The van der Waals surface area contributed by atoms with Crippen LogP contribution in [0.4, 0.5) is 11.4 Å². The molecule has 1 amide bonds. The zero-order chi connectivity index (χ0) is 19.2. The molecule has 0 radical (unpaired) electrons. The van der Waals surface area contributed by atoms with Crippen molar-refractivity contribution in [2.75, 3.05) is 30.4 Å². The number of amides is 1. The normalized spacial score (nSPS) is 16.8. The van der Waals surface area contributed by atoms with Gasteiger partial charge in [0.2, 0.25) is 5.91 Å². The molecule has 1 saturated heterocycles. The fourth-order valence-electron chi connectivity index (χ4n) is 3.45. The standard InChI is InChI=1S/C20H26N4O3/c1-3-24-20(26)12-17(13-21-24)23-10-4-5-15(14-23)11-19(25)22-16-6-8-18(27-2)9-7-16/h6-9,12-13,15H,3-5,10-11,14H2,1-2H3,(H,22,25). The number of ether oxygens (including phenoxy) is 1. The number of piperidine rings is 1. The van der Waals surface area contributed by atoms with Gasteiger partial charge in [-0.2, -0.15) is 5.10 Å². The van der Waals surface area contributed by atoms with Gasteiger partial charge in [0, 0.05) is 37.8 Å². The summed E-state index contributed by atoms with van der Waals surface area (Å²) in [6.45, 7) is 4.10. The topological polar surface area (TPSA) is 76.5 Å². The first-order valence-corrected chi connectivity index (χ1v) is 9.35. The van der Waals surface area contributed by atoms with Crippen LogP contribution in [0.1, 0.15) is 26.2 Å². The molecule has 0 aliphatic carbocycles. The SMILES string of the molecule is CCn1ncc(N2CCCC(CC(=O)Nc3ccc(OC)cc3)C2)cc1=O. The number of anilines is 2. The van der Waals surface area contributed by atoms with Crippen LogP contribution < -0.4 is 20.5 Å². The fraction of sp³-hybridized carbons (Fsp3) is 0.450. The first-order valence-electron chi connectivity index (χ1n) is 9.35. The Bertz CT molecular complexity index is 832. The molecule has 1 N–H and O–H groups in total. The Morgan fingerprint density at radius 3 is 2.78 bits per heavy atom. The smallest absolute Gasteiger partial charge is 0.268 e. The molecule has 144 valence electrons. The Kier molecular flexibility index (Phi) is 6.11. The van der Waals surface area contributed by atoms with Gasteiger partial charge in [0.15, 0.2) is 0 Å². The fourth-order valence-corrected chi connectivity index (χ4v) is 3.45. The van der Waals surface area contributed by atoms with E-state index in [-0.39, 0.29) is 17.4 Å². The molecule has 2 aromatic rings. The highest BCUT2D eigenvalue weighted by Crippen LogP contribution is 2.24. The summed E-state index contributed by atoms with van der Waals surface area (Å²) in [5.41, 5.74) is 1.51. The van der Waals surface area contributed by atoms with Gasteiger partial charge in [-0.1, -0.05) is 0 Å². The van der Waals surface area contributed by atoms with Crippen LogP contribution in [0.15, 0.2) is 41.3 Å². The highest BCUT2D eigenvalue weighted by molar-refractivity contribution is 5.90. The van der Waals surface area contributed by atoms with E-state index in [1.807, 2.05) is 31.2 Å². The van der Waals surface area contributed by atoms with Crippen LogP contribution in [0.25, 0.3) is 0 Å². The van der Waals surface area contributed by atoms with Crippen LogP contribution in [0.3, 0.4) is 0 Å². The van der Waals surface area contributed by atoms with Crippen LogP contribution in [0, 0.1) is 5.92 Å². The van der Waals surface area contributed by atoms with Crippen molar-refractivity contribution in [1.29, 1.82) is 0 Å². The zero-order valence-electron chi connectivity index (χ0n) is 15.9. The number of rotatable bonds is 6. The van der Waals surface area contributed by atoms with Gasteiger partial charge in [0.05, 0.1) is 19.0 Å². The Balaban J connectivity index is 1.58. The monoisotopic (exact) mass is 370 g/mol. The lowest BCUT2D eigenvalue weighted by molar-refractivity contribution is -0.117. The van der Waals surface area contributed by atoms with Gasteiger partial charge < -0.3 is 15.0 Å². The molecular formula is C20H26N4O3. The number of nitrogens with one attached hydrogen (secondary N) is 1. The third-order valence-electron chi connectivity index (χ3n) is 4.89. The molecule has 1 aromatic carbocycles. The van der Waals surface area contributed by atoms with Gasteiger partial charge >= 0.3 is 0 Å². The van der Waals surface area contributed by atoms with Crippen LogP contribution in [0.5, 0.6) is 5.75 Å². The maximum atomic E-state index is 12.4. The molecule has 0 bridgehead atoms. The molecule has 27 heavy (non-hydrogen) atoms. The largest absolute Gasteiger partial charge is 0.497 e. The molecule has 7 heteroatoms. The van der Waals surface area contributed by atoms with Crippen molar-refractivity contribution in [2.24, 2.45) is 5.92 Å². The molecular weight excluding hydrogens is 344 g/mol. The second-order valence-corrected chi connectivity index (χ2v) is 6.80. The van der Waals surface area contributed by atoms with E-state index in [0.29, 0.717) is 13.0 Å². The summed E-state index contributed by atoms with van der Waals surface area (Å²) < 4.78 is 6.56. The lowest BCUT2D eigenvalue weighted by Crippen LogP contribution is -2.38. The predicted octanol–water partition coefficient (Wildman–Crippen LogP) is 2.52. The minimum Gasteiger partial charge on any atom is -0.497 e. The van der Waals surface area contributed by atoms with Gasteiger partial charge in [0.25, 0.3) is 5.56 Å². The third-order valence-corrected chi connectivity index (χ3v) is 4.89. The minimum atomic E-state index is -0.0885. The summed E-state index contributed by atoms with van der Waals surface area (Å²) in [6.07, 6.45) is 4.20. The summed E-state index contributed by atoms with van der Waals surface area (Å²) in [5, 5.41) is 7.14. The van der Waals surface area contributed by atoms with E-state index >= 15 is 0 Å². The van der Waals surface area contributed by atoms with Gasteiger partial charge in [0.1, 0.15) is 5.75 Å². The van der Waals surface area contributed by atoms with Crippen LogP contribution >= 0.6 is 0 Å². The Morgan fingerprint density at radius 2 is 2.11 bits per heavy atom. The van der Waals surface area contributed by atoms with Crippen molar-refractivity contribution in [2.45, 2.75) is 32.7 Å². The lowest BCUT2D eigenvalue weighted by atomic mass is 9.94. The van der Waals surface area contributed by atoms with Crippen LogP contribution in [-0.4, -0.2) is 35.9 Å². The van der Waals surface area contributed by atoms with Gasteiger partial charge in [-0.25, -0.2) is 4.68 Å².